The van der Waals surface area contributed by atoms with Crippen LogP contribution in [-0.4, -0.2) is 36.0 Å². The number of nitrogens with one attached hydrogen (secondary N) is 1. The summed E-state index contributed by atoms with van der Waals surface area (Å²) in [5, 5.41) is 3.30. The van der Waals surface area contributed by atoms with Gasteiger partial charge in [-0.2, -0.15) is 0 Å². The summed E-state index contributed by atoms with van der Waals surface area (Å²) in [4.78, 5) is 14.3. The van der Waals surface area contributed by atoms with Gasteiger partial charge in [0.25, 0.3) is 0 Å². The molecule has 1 aliphatic carbocycles. The van der Waals surface area contributed by atoms with E-state index in [-0.39, 0.29) is 11.4 Å². The minimum Gasteiger partial charge on any atom is -0.341 e. The second-order valence-electron chi connectivity index (χ2n) is 7.04. The Morgan fingerprint density at radius 2 is 1.83 bits per heavy atom. The van der Waals surface area contributed by atoms with E-state index < -0.39 is 0 Å². The summed E-state index contributed by atoms with van der Waals surface area (Å²) >= 11 is 0. The lowest BCUT2D eigenvalue weighted by atomic mass is 9.75. The fourth-order valence-electron chi connectivity index (χ4n) is 3.28. The number of hydrogen-bond acceptors (Lipinski definition) is 2. The molecule has 2 rings (SSSR count). The molecule has 2 aliphatic rings. The van der Waals surface area contributed by atoms with Gasteiger partial charge >= 0.3 is 0 Å². The predicted octanol–water partition coefficient (Wildman–Crippen LogP) is 2.41. The van der Waals surface area contributed by atoms with Gasteiger partial charge in [-0.25, -0.2) is 0 Å². The van der Waals surface area contributed by atoms with Crippen molar-refractivity contribution in [3.8, 4) is 0 Å². The molecule has 1 heterocycles. The molecule has 3 nitrogen and oxygen atoms in total. The number of rotatable bonds is 2. The number of nitrogens with zero attached hydrogens (tertiary/aromatic N) is 1. The van der Waals surface area contributed by atoms with Gasteiger partial charge in [0.05, 0.1) is 6.54 Å². The molecule has 2 atom stereocenters. The molecule has 1 aliphatic heterocycles. The summed E-state index contributed by atoms with van der Waals surface area (Å²) in [5.41, 5.74) is 0.0266. The molecular weight excluding hydrogens is 224 g/mol. The molecule has 0 aromatic heterocycles. The highest BCUT2D eigenvalue weighted by Crippen LogP contribution is 2.35. The fourth-order valence-corrected chi connectivity index (χ4v) is 3.28. The summed E-state index contributed by atoms with van der Waals surface area (Å²) in [6.45, 7) is 8.79. The predicted molar refractivity (Wildman–Crippen MR) is 74.4 cm³/mol. The Morgan fingerprint density at radius 3 is 2.50 bits per heavy atom. The number of likely N-dealkylation sites (tertiary alicyclic amines) is 1. The fraction of sp³-hybridized carbons (Fsp3) is 0.933. The topological polar surface area (TPSA) is 32.3 Å². The van der Waals surface area contributed by atoms with E-state index in [1.165, 1.54) is 32.1 Å². The molecule has 0 bridgehead atoms. The lowest BCUT2D eigenvalue weighted by Gasteiger charge is -2.41. The highest BCUT2D eigenvalue weighted by molar-refractivity contribution is 5.78. The van der Waals surface area contributed by atoms with Crippen molar-refractivity contribution in [2.24, 2.45) is 11.8 Å². The monoisotopic (exact) mass is 252 g/mol. The Labute approximate surface area is 111 Å². The van der Waals surface area contributed by atoms with Gasteiger partial charge in [-0.1, -0.05) is 19.3 Å². The van der Waals surface area contributed by atoms with Crippen molar-refractivity contribution in [2.45, 2.75) is 58.4 Å². The zero-order valence-electron chi connectivity index (χ0n) is 12.2. The van der Waals surface area contributed by atoms with E-state index >= 15 is 0 Å². The number of piperidine rings is 1. The maximum Gasteiger partial charge on any atom is 0.236 e. The third-order valence-electron chi connectivity index (χ3n) is 4.41. The van der Waals surface area contributed by atoms with E-state index in [4.69, 9.17) is 0 Å². The number of carbonyl (C=O) groups excluding carboxylic acids is 1. The van der Waals surface area contributed by atoms with Gasteiger partial charge in [-0.05, 0) is 45.4 Å². The van der Waals surface area contributed by atoms with E-state index in [1.54, 1.807) is 0 Å². The lowest BCUT2D eigenvalue weighted by molar-refractivity contribution is -0.133. The average molecular weight is 252 g/mol. The molecule has 1 saturated heterocycles. The van der Waals surface area contributed by atoms with Crippen molar-refractivity contribution >= 4 is 5.91 Å². The first-order valence-corrected chi connectivity index (χ1v) is 7.48. The average Bonchev–Trinajstić information content (AvgIpc) is 2.34. The molecule has 1 amide bonds. The largest absolute Gasteiger partial charge is 0.341 e. The third-order valence-corrected chi connectivity index (χ3v) is 4.41. The second-order valence-corrected chi connectivity index (χ2v) is 7.04. The van der Waals surface area contributed by atoms with Crippen molar-refractivity contribution < 1.29 is 4.79 Å². The van der Waals surface area contributed by atoms with E-state index in [1.807, 2.05) is 0 Å². The van der Waals surface area contributed by atoms with Gasteiger partial charge in [-0.3, -0.25) is 4.79 Å². The van der Waals surface area contributed by atoms with Crippen molar-refractivity contribution in [1.82, 2.24) is 10.2 Å². The van der Waals surface area contributed by atoms with E-state index in [0.717, 1.165) is 24.9 Å². The smallest absolute Gasteiger partial charge is 0.236 e. The van der Waals surface area contributed by atoms with Crippen LogP contribution in [0.4, 0.5) is 0 Å². The van der Waals surface area contributed by atoms with Crippen LogP contribution < -0.4 is 5.32 Å². The SMILES string of the molecule is CC(C)(C)NCC(=O)N1CCC2CCCCC2C1. The third kappa shape index (κ3) is 3.71. The number of fused-ring (bicyclic) bond motifs is 1. The van der Waals surface area contributed by atoms with Crippen LogP contribution in [0.2, 0.25) is 0 Å². The van der Waals surface area contributed by atoms with Gasteiger partial charge < -0.3 is 10.2 Å². The number of hydrogen-bond donors (Lipinski definition) is 1. The van der Waals surface area contributed by atoms with Crippen molar-refractivity contribution in [1.29, 1.82) is 0 Å². The molecule has 0 aromatic rings. The normalized spacial score (nSPS) is 28.9. The van der Waals surface area contributed by atoms with E-state index in [2.05, 4.69) is 31.0 Å². The summed E-state index contributed by atoms with van der Waals surface area (Å²) in [6, 6.07) is 0. The molecule has 104 valence electrons. The van der Waals surface area contributed by atoms with Crippen molar-refractivity contribution in [2.75, 3.05) is 19.6 Å². The molecule has 3 heteroatoms. The molecular formula is C15H28N2O. The van der Waals surface area contributed by atoms with Crippen LogP contribution >= 0.6 is 0 Å². The molecule has 18 heavy (non-hydrogen) atoms. The summed E-state index contributed by atoms with van der Waals surface area (Å²) < 4.78 is 0. The van der Waals surface area contributed by atoms with Crippen LogP contribution in [0.3, 0.4) is 0 Å². The molecule has 2 unspecified atom stereocenters. The van der Waals surface area contributed by atoms with Crippen molar-refractivity contribution in [3.05, 3.63) is 0 Å². The first-order valence-electron chi connectivity index (χ1n) is 7.48. The summed E-state index contributed by atoms with van der Waals surface area (Å²) in [5.74, 6) is 1.97. The van der Waals surface area contributed by atoms with E-state index in [9.17, 15) is 4.79 Å². The second kappa shape index (κ2) is 5.60. The van der Waals surface area contributed by atoms with Crippen LogP contribution in [0.15, 0.2) is 0 Å². The van der Waals surface area contributed by atoms with E-state index in [0.29, 0.717) is 6.54 Å². The molecule has 0 spiro atoms. The van der Waals surface area contributed by atoms with Gasteiger partial charge in [0.15, 0.2) is 0 Å². The first kappa shape index (κ1) is 13.9. The van der Waals surface area contributed by atoms with Crippen LogP contribution in [0, 0.1) is 11.8 Å². The Bertz CT molecular complexity index is 295. The Kier molecular flexibility index (Phi) is 4.31. The molecule has 1 N–H and O–H groups in total. The minimum atomic E-state index is 0.0266. The molecule has 1 saturated carbocycles. The molecule has 0 aromatic carbocycles. The van der Waals surface area contributed by atoms with Crippen molar-refractivity contribution in [3.63, 3.8) is 0 Å². The highest BCUT2D eigenvalue weighted by atomic mass is 16.2. The maximum absolute atomic E-state index is 12.2. The minimum absolute atomic E-state index is 0.0266. The van der Waals surface area contributed by atoms with Gasteiger partial charge in [0.1, 0.15) is 0 Å². The molecule has 0 radical (unpaired) electrons. The van der Waals surface area contributed by atoms with Crippen LogP contribution in [0.1, 0.15) is 52.9 Å². The van der Waals surface area contributed by atoms with Crippen LogP contribution in [-0.2, 0) is 4.79 Å². The van der Waals surface area contributed by atoms with Gasteiger partial charge in [0.2, 0.25) is 5.91 Å². The quantitative estimate of drug-likeness (QED) is 0.818. The lowest BCUT2D eigenvalue weighted by Crippen LogP contribution is -2.50. The Hall–Kier alpha value is -0.570. The van der Waals surface area contributed by atoms with Crippen LogP contribution in [0.5, 0.6) is 0 Å². The maximum atomic E-state index is 12.2. The molecule has 2 fully saturated rings. The number of amides is 1. The summed E-state index contributed by atoms with van der Waals surface area (Å²) in [6.07, 6.45) is 6.73. The summed E-state index contributed by atoms with van der Waals surface area (Å²) in [7, 11) is 0. The van der Waals surface area contributed by atoms with Gasteiger partial charge in [-0.15, -0.1) is 0 Å². The standard InChI is InChI=1S/C15H28N2O/c1-15(2,3)16-10-14(18)17-9-8-12-6-4-5-7-13(12)11-17/h12-13,16H,4-11H2,1-3H3. The Balaban J connectivity index is 1.81. The number of carbonyl (C=O) groups is 1. The van der Waals surface area contributed by atoms with Crippen LogP contribution in [0.25, 0.3) is 0 Å². The zero-order valence-corrected chi connectivity index (χ0v) is 12.2. The van der Waals surface area contributed by atoms with Gasteiger partial charge in [0, 0.05) is 18.6 Å². The Morgan fingerprint density at radius 1 is 1.17 bits per heavy atom. The zero-order chi connectivity index (χ0) is 13.2. The highest BCUT2D eigenvalue weighted by Gasteiger charge is 2.32. The first-order chi connectivity index (χ1) is 8.46.